The van der Waals surface area contributed by atoms with Gasteiger partial charge < -0.3 is 28.4 Å². The van der Waals surface area contributed by atoms with Gasteiger partial charge in [0.05, 0.1) is 70.6 Å². The summed E-state index contributed by atoms with van der Waals surface area (Å²) in [5, 5.41) is 2.18. The zero-order valence-electron chi connectivity index (χ0n) is 32.9. The Balaban J connectivity index is 0.645. The lowest BCUT2D eigenvalue weighted by molar-refractivity contribution is -0.136. The van der Waals surface area contributed by atoms with Gasteiger partial charge in [-0.15, -0.1) is 0 Å². The van der Waals surface area contributed by atoms with Crippen LogP contribution in [-0.4, -0.2) is 117 Å². The molecule has 4 amide bonds. The molecule has 2 aromatic heterocycles. The standard InChI is InChI=1S/C45H48N4O10/c50-42-12-11-41(43(51)48-42)49-44(52)39-10-9-38(28-40(39)45(49)53)59-25-24-58-23-22-57-21-20-56-19-18-55-17-16-54-15-1-2-37-8-7-34(30-47-37)31-3-5-32(6-4-31)35-26-33-13-14-46-29-36(33)27-35/h3-10,13-14,26,28-30,41H,1-2,11-12,15-25,27H2,(H,48,50,51). The van der Waals surface area contributed by atoms with Gasteiger partial charge in [0.15, 0.2) is 0 Å². The lowest BCUT2D eigenvalue weighted by Crippen LogP contribution is -2.54. The van der Waals surface area contributed by atoms with Crippen LogP contribution in [0.3, 0.4) is 0 Å². The highest BCUT2D eigenvalue weighted by Crippen LogP contribution is 2.33. The number of nitrogens with zero attached hydrogens (tertiary/aromatic N) is 3. The molecule has 1 atom stereocenters. The van der Waals surface area contributed by atoms with Gasteiger partial charge in [-0.1, -0.05) is 36.4 Å². The van der Waals surface area contributed by atoms with Gasteiger partial charge in [0, 0.05) is 49.3 Å². The minimum Gasteiger partial charge on any atom is -0.491 e. The maximum absolute atomic E-state index is 13.0. The molecule has 1 N–H and O–H groups in total. The highest BCUT2D eigenvalue weighted by atomic mass is 16.6. The van der Waals surface area contributed by atoms with Crippen LogP contribution in [0, 0.1) is 0 Å². The van der Waals surface area contributed by atoms with Gasteiger partial charge >= 0.3 is 0 Å². The molecule has 0 radical (unpaired) electrons. The van der Waals surface area contributed by atoms with Crippen molar-refractivity contribution in [1.29, 1.82) is 0 Å². The molecule has 14 heteroatoms. The Labute approximate surface area is 342 Å². The number of hydrogen-bond acceptors (Lipinski definition) is 12. The van der Waals surface area contributed by atoms with E-state index in [0.29, 0.717) is 71.8 Å². The van der Waals surface area contributed by atoms with E-state index in [-0.39, 0.29) is 30.6 Å². The first-order chi connectivity index (χ1) is 28.9. The van der Waals surface area contributed by atoms with Crippen molar-refractivity contribution in [3.05, 3.63) is 113 Å². The first-order valence-corrected chi connectivity index (χ1v) is 20.0. The number of aromatic nitrogens is 2. The van der Waals surface area contributed by atoms with Crippen molar-refractivity contribution in [2.75, 3.05) is 72.7 Å². The number of nitrogens with one attached hydrogen (secondary N) is 1. The topological polar surface area (TPSA) is 165 Å². The van der Waals surface area contributed by atoms with Crippen molar-refractivity contribution in [3.63, 3.8) is 0 Å². The Bertz CT molecular complexity index is 2120. The third-order valence-corrected chi connectivity index (χ3v) is 10.2. The summed E-state index contributed by atoms with van der Waals surface area (Å²) in [7, 11) is 0. The van der Waals surface area contributed by atoms with Gasteiger partial charge in [-0.3, -0.25) is 39.4 Å². The number of allylic oxidation sites excluding steroid dienone is 1. The molecule has 59 heavy (non-hydrogen) atoms. The second kappa shape index (κ2) is 20.9. The molecule has 2 aliphatic heterocycles. The fourth-order valence-electron chi connectivity index (χ4n) is 7.07. The van der Waals surface area contributed by atoms with Crippen molar-refractivity contribution in [3.8, 4) is 16.9 Å². The molecular formula is C45H48N4O10. The third-order valence-electron chi connectivity index (χ3n) is 10.2. The van der Waals surface area contributed by atoms with Gasteiger partial charge in [0.2, 0.25) is 11.8 Å². The van der Waals surface area contributed by atoms with E-state index in [1.807, 2.05) is 18.6 Å². The molecule has 0 bridgehead atoms. The molecule has 1 aliphatic carbocycles. The third kappa shape index (κ3) is 11.1. The van der Waals surface area contributed by atoms with Crippen molar-refractivity contribution in [2.24, 2.45) is 0 Å². The summed E-state index contributed by atoms with van der Waals surface area (Å²) < 4.78 is 33.6. The van der Waals surface area contributed by atoms with Crippen LogP contribution in [0.25, 0.3) is 22.8 Å². The number of piperidine rings is 1. The van der Waals surface area contributed by atoms with Crippen LogP contribution < -0.4 is 10.1 Å². The van der Waals surface area contributed by atoms with E-state index in [4.69, 9.17) is 28.4 Å². The highest BCUT2D eigenvalue weighted by Gasteiger charge is 2.44. The molecule has 1 fully saturated rings. The second-order valence-corrected chi connectivity index (χ2v) is 14.2. The molecule has 4 heterocycles. The van der Waals surface area contributed by atoms with Crippen molar-refractivity contribution >= 4 is 35.3 Å². The van der Waals surface area contributed by atoms with E-state index in [9.17, 15) is 19.2 Å². The summed E-state index contributed by atoms with van der Waals surface area (Å²) in [6.45, 7) is 4.76. The van der Waals surface area contributed by atoms with Crippen molar-refractivity contribution < 1.29 is 47.6 Å². The lowest BCUT2D eigenvalue weighted by atomic mass is 10.00. The summed E-state index contributed by atoms with van der Waals surface area (Å²) in [6.07, 6.45) is 10.8. The molecule has 3 aliphatic rings. The van der Waals surface area contributed by atoms with Crippen LogP contribution in [0.15, 0.2) is 79.3 Å². The molecule has 308 valence electrons. The second-order valence-electron chi connectivity index (χ2n) is 14.2. The summed E-state index contributed by atoms with van der Waals surface area (Å²) in [4.78, 5) is 59.3. The van der Waals surface area contributed by atoms with Crippen molar-refractivity contribution in [1.82, 2.24) is 20.2 Å². The number of amides is 4. The number of rotatable bonds is 23. The van der Waals surface area contributed by atoms with Crippen LogP contribution >= 0.6 is 0 Å². The van der Waals surface area contributed by atoms with Crippen molar-refractivity contribution in [2.45, 2.75) is 38.1 Å². The number of ether oxygens (including phenoxy) is 6. The van der Waals surface area contributed by atoms with Crippen LogP contribution in [0.1, 0.15) is 62.4 Å². The lowest BCUT2D eigenvalue weighted by Gasteiger charge is -2.27. The van der Waals surface area contributed by atoms with Gasteiger partial charge in [-0.25, -0.2) is 0 Å². The number of fused-ring (bicyclic) bond motifs is 2. The summed E-state index contributed by atoms with van der Waals surface area (Å²) in [5.74, 6) is -1.81. The maximum Gasteiger partial charge on any atom is 0.262 e. The van der Waals surface area contributed by atoms with E-state index in [0.717, 1.165) is 41.0 Å². The first kappa shape index (κ1) is 41.5. The molecule has 1 unspecified atom stereocenters. The Morgan fingerprint density at radius 3 is 1.97 bits per heavy atom. The van der Waals surface area contributed by atoms with Crippen LogP contribution in [0.2, 0.25) is 0 Å². The Morgan fingerprint density at radius 1 is 0.661 bits per heavy atom. The smallest absolute Gasteiger partial charge is 0.262 e. The molecule has 2 aromatic carbocycles. The van der Waals surface area contributed by atoms with E-state index in [1.54, 1.807) is 6.07 Å². The molecule has 7 rings (SSSR count). The van der Waals surface area contributed by atoms with Gasteiger partial charge in [0.25, 0.3) is 11.8 Å². The maximum atomic E-state index is 13.0. The molecule has 1 saturated heterocycles. The quantitative estimate of drug-likeness (QED) is 0.0811. The molecule has 0 saturated carbocycles. The minimum absolute atomic E-state index is 0.0638. The first-order valence-electron chi connectivity index (χ1n) is 20.0. The Morgan fingerprint density at radius 2 is 1.31 bits per heavy atom. The van der Waals surface area contributed by atoms with E-state index in [2.05, 4.69) is 63.8 Å². The average molecular weight is 805 g/mol. The monoisotopic (exact) mass is 804 g/mol. The van der Waals surface area contributed by atoms with E-state index >= 15 is 0 Å². The number of carbonyl (C=O) groups excluding carboxylic acids is 4. The van der Waals surface area contributed by atoms with Gasteiger partial charge in [-0.05, 0) is 77.4 Å². The van der Waals surface area contributed by atoms with Crippen LogP contribution in [-0.2, 0) is 46.1 Å². The fraction of sp³-hybridized carbons (Fsp3) is 0.378. The number of benzene rings is 2. The Hall–Kier alpha value is -5.64. The zero-order chi connectivity index (χ0) is 40.8. The van der Waals surface area contributed by atoms with Gasteiger partial charge in [0.1, 0.15) is 18.4 Å². The highest BCUT2D eigenvalue weighted by molar-refractivity contribution is 6.23. The molecular weight excluding hydrogens is 757 g/mol. The molecule has 0 spiro atoms. The average Bonchev–Trinajstić information content (AvgIpc) is 3.80. The predicted molar refractivity (Wildman–Crippen MR) is 217 cm³/mol. The number of aryl methyl sites for hydroxylation is 1. The fourth-order valence-corrected chi connectivity index (χ4v) is 7.07. The number of carbonyl (C=O) groups is 4. The minimum atomic E-state index is -1.01. The van der Waals surface area contributed by atoms with Crippen LogP contribution in [0.5, 0.6) is 5.75 Å². The summed E-state index contributed by atoms with van der Waals surface area (Å²) >= 11 is 0. The number of imide groups is 2. The van der Waals surface area contributed by atoms with E-state index in [1.165, 1.54) is 34.4 Å². The largest absolute Gasteiger partial charge is 0.491 e. The molecule has 4 aromatic rings. The summed E-state index contributed by atoms with van der Waals surface area (Å²) in [5.41, 5.74) is 8.74. The Kier molecular flexibility index (Phi) is 14.7. The number of pyridine rings is 2. The summed E-state index contributed by atoms with van der Waals surface area (Å²) in [6, 6.07) is 18.5. The number of hydrogen-bond donors (Lipinski definition) is 1. The molecule has 14 nitrogen and oxygen atoms in total. The van der Waals surface area contributed by atoms with Gasteiger partial charge in [-0.2, -0.15) is 0 Å². The SMILES string of the molecule is O=C1CCC(N2C(=O)c3ccc(OCCOCCOCCOCCOCCOCCCc4ccc(-c5ccc(C6=Cc7ccncc7C6)cc5)cn4)cc3C2=O)C(=O)N1. The normalized spacial score (nSPS) is 16.0. The predicted octanol–water partition coefficient (Wildman–Crippen LogP) is 4.74. The zero-order valence-corrected chi connectivity index (χ0v) is 32.9. The van der Waals surface area contributed by atoms with Crippen LogP contribution in [0.4, 0.5) is 0 Å². The van der Waals surface area contributed by atoms with E-state index < -0.39 is 29.7 Å².